The van der Waals surface area contributed by atoms with Crippen molar-refractivity contribution in [3.63, 3.8) is 0 Å². The van der Waals surface area contributed by atoms with Crippen LogP contribution in [0.4, 0.5) is 8.78 Å². The van der Waals surface area contributed by atoms with Crippen LogP contribution < -0.4 is 0 Å². The standard InChI is InChI=1S/C19H23F2N3O/c1-12-15(13(2)23-22-12)10-19(25)24(14-6-3-4-7-14)11-16-17(20)8-5-9-18(16)21/h5,8-9,14H,3-4,6-7,10-11H2,1-2H3,(H,22,23). The third-order valence-corrected chi connectivity index (χ3v) is 5.08. The second-order valence-corrected chi connectivity index (χ2v) is 6.75. The summed E-state index contributed by atoms with van der Waals surface area (Å²) in [6.45, 7) is 3.69. The molecule has 0 radical (unpaired) electrons. The Morgan fingerprint density at radius 1 is 1.20 bits per heavy atom. The predicted octanol–water partition coefficient (Wildman–Crippen LogP) is 3.82. The van der Waals surface area contributed by atoms with Crippen LogP contribution in [0.3, 0.4) is 0 Å². The summed E-state index contributed by atoms with van der Waals surface area (Å²) in [6.07, 6.45) is 4.03. The Balaban J connectivity index is 1.86. The van der Waals surface area contributed by atoms with Crippen LogP contribution in [0.15, 0.2) is 18.2 Å². The summed E-state index contributed by atoms with van der Waals surface area (Å²) in [7, 11) is 0. The summed E-state index contributed by atoms with van der Waals surface area (Å²) in [6, 6.07) is 3.85. The van der Waals surface area contributed by atoms with E-state index in [4.69, 9.17) is 0 Å². The van der Waals surface area contributed by atoms with Crippen molar-refractivity contribution in [1.29, 1.82) is 0 Å². The summed E-state index contributed by atoms with van der Waals surface area (Å²) in [5.74, 6) is -1.32. The Labute approximate surface area is 146 Å². The summed E-state index contributed by atoms with van der Waals surface area (Å²) >= 11 is 0. The number of carbonyl (C=O) groups excluding carboxylic acids is 1. The lowest BCUT2D eigenvalue weighted by Crippen LogP contribution is -2.39. The average Bonchev–Trinajstić information content (AvgIpc) is 3.20. The first-order chi connectivity index (χ1) is 12.0. The highest BCUT2D eigenvalue weighted by molar-refractivity contribution is 5.79. The van der Waals surface area contributed by atoms with Crippen molar-refractivity contribution in [2.24, 2.45) is 0 Å². The number of rotatable bonds is 5. The SMILES string of the molecule is Cc1n[nH]c(C)c1CC(=O)N(Cc1c(F)cccc1F)C1CCCC1. The number of H-pyrrole nitrogens is 1. The topological polar surface area (TPSA) is 49.0 Å². The summed E-state index contributed by atoms with van der Waals surface area (Å²) < 4.78 is 28.1. The lowest BCUT2D eigenvalue weighted by Gasteiger charge is -2.29. The molecule has 134 valence electrons. The van der Waals surface area contributed by atoms with E-state index in [0.29, 0.717) is 0 Å². The van der Waals surface area contributed by atoms with Crippen molar-refractivity contribution in [2.75, 3.05) is 0 Å². The lowest BCUT2D eigenvalue weighted by molar-refractivity contribution is -0.133. The zero-order valence-corrected chi connectivity index (χ0v) is 14.6. The summed E-state index contributed by atoms with van der Waals surface area (Å²) in [4.78, 5) is 14.6. The van der Waals surface area contributed by atoms with Gasteiger partial charge in [0.1, 0.15) is 11.6 Å². The molecule has 1 aromatic carbocycles. The molecule has 25 heavy (non-hydrogen) atoms. The number of halogens is 2. The van der Waals surface area contributed by atoms with Gasteiger partial charge >= 0.3 is 0 Å². The van der Waals surface area contributed by atoms with Gasteiger partial charge in [0, 0.05) is 22.9 Å². The number of aromatic amines is 1. The van der Waals surface area contributed by atoms with Crippen molar-refractivity contribution in [3.8, 4) is 0 Å². The molecule has 1 aromatic heterocycles. The molecule has 1 aliphatic carbocycles. The quantitative estimate of drug-likeness (QED) is 0.894. The van der Waals surface area contributed by atoms with Crippen LogP contribution >= 0.6 is 0 Å². The fourth-order valence-corrected chi connectivity index (χ4v) is 3.58. The van der Waals surface area contributed by atoms with E-state index in [2.05, 4.69) is 10.2 Å². The molecular formula is C19H23F2N3O. The molecule has 1 saturated carbocycles. The number of amides is 1. The number of aryl methyl sites for hydroxylation is 2. The Bertz CT molecular complexity index is 726. The second-order valence-electron chi connectivity index (χ2n) is 6.75. The van der Waals surface area contributed by atoms with Gasteiger partial charge in [-0.25, -0.2) is 8.78 Å². The van der Waals surface area contributed by atoms with Crippen LogP contribution in [0.5, 0.6) is 0 Å². The van der Waals surface area contributed by atoms with Gasteiger partial charge in [0.25, 0.3) is 0 Å². The van der Waals surface area contributed by atoms with Crippen molar-refractivity contribution in [1.82, 2.24) is 15.1 Å². The molecule has 1 aliphatic rings. The molecular weight excluding hydrogens is 324 g/mol. The fourth-order valence-electron chi connectivity index (χ4n) is 3.58. The van der Waals surface area contributed by atoms with Gasteiger partial charge in [0.2, 0.25) is 5.91 Å². The van der Waals surface area contributed by atoms with E-state index in [-0.39, 0.29) is 30.5 Å². The third-order valence-electron chi connectivity index (χ3n) is 5.08. The van der Waals surface area contributed by atoms with Gasteiger partial charge < -0.3 is 4.90 Å². The molecule has 6 heteroatoms. The molecule has 1 fully saturated rings. The molecule has 0 saturated heterocycles. The fraction of sp³-hybridized carbons (Fsp3) is 0.474. The van der Waals surface area contributed by atoms with E-state index in [0.717, 1.165) is 42.6 Å². The molecule has 3 rings (SSSR count). The highest BCUT2D eigenvalue weighted by Crippen LogP contribution is 2.27. The molecule has 4 nitrogen and oxygen atoms in total. The number of benzene rings is 1. The van der Waals surface area contributed by atoms with E-state index in [9.17, 15) is 13.6 Å². The van der Waals surface area contributed by atoms with Crippen molar-refractivity contribution in [2.45, 2.75) is 58.5 Å². The molecule has 1 heterocycles. The van der Waals surface area contributed by atoms with E-state index < -0.39 is 11.6 Å². The first-order valence-electron chi connectivity index (χ1n) is 8.70. The Morgan fingerprint density at radius 3 is 2.40 bits per heavy atom. The van der Waals surface area contributed by atoms with Gasteiger partial charge in [-0.3, -0.25) is 9.89 Å². The third kappa shape index (κ3) is 3.72. The molecule has 1 amide bonds. The van der Waals surface area contributed by atoms with E-state index >= 15 is 0 Å². The maximum absolute atomic E-state index is 14.1. The molecule has 0 bridgehead atoms. The second kappa shape index (κ2) is 7.33. The monoisotopic (exact) mass is 347 g/mol. The zero-order chi connectivity index (χ0) is 18.0. The van der Waals surface area contributed by atoms with Gasteiger partial charge in [0.05, 0.1) is 18.7 Å². The number of aromatic nitrogens is 2. The summed E-state index contributed by atoms with van der Waals surface area (Å²) in [5.41, 5.74) is 2.47. The van der Waals surface area contributed by atoms with E-state index in [1.54, 1.807) is 4.90 Å². The van der Waals surface area contributed by atoms with Gasteiger partial charge in [-0.2, -0.15) is 5.10 Å². The number of nitrogens with one attached hydrogen (secondary N) is 1. The minimum Gasteiger partial charge on any atom is -0.335 e. The lowest BCUT2D eigenvalue weighted by atomic mass is 10.1. The van der Waals surface area contributed by atoms with Gasteiger partial charge in [-0.05, 0) is 38.8 Å². The first kappa shape index (κ1) is 17.6. The number of hydrogen-bond acceptors (Lipinski definition) is 2. The van der Waals surface area contributed by atoms with Crippen molar-refractivity contribution in [3.05, 3.63) is 52.3 Å². The molecule has 1 N–H and O–H groups in total. The van der Waals surface area contributed by atoms with Crippen LogP contribution in [0, 0.1) is 25.5 Å². The average molecular weight is 347 g/mol. The minimum absolute atomic E-state index is 0.0298. The van der Waals surface area contributed by atoms with Crippen molar-refractivity contribution < 1.29 is 13.6 Å². The van der Waals surface area contributed by atoms with Crippen LogP contribution in [-0.4, -0.2) is 27.0 Å². The van der Waals surface area contributed by atoms with Crippen LogP contribution in [0.2, 0.25) is 0 Å². The maximum atomic E-state index is 14.1. The van der Waals surface area contributed by atoms with Gasteiger partial charge in [-0.1, -0.05) is 18.9 Å². The van der Waals surface area contributed by atoms with Gasteiger partial charge in [0.15, 0.2) is 0 Å². The Kier molecular flexibility index (Phi) is 5.16. The maximum Gasteiger partial charge on any atom is 0.227 e. The Morgan fingerprint density at radius 2 is 1.84 bits per heavy atom. The first-order valence-corrected chi connectivity index (χ1v) is 8.70. The van der Waals surface area contributed by atoms with Crippen LogP contribution in [-0.2, 0) is 17.8 Å². The number of nitrogens with zero attached hydrogens (tertiary/aromatic N) is 2. The highest BCUT2D eigenvalue weighted by Gasteiger charge is 2.29. The molecule has 2 aromatic rings. The highest BCUT2D eigenvalue weighted by atomic mass is 19.1. The molecule has 0 atom stereocenters. The normalized spacial score (nSPS) is 14.9. The largest absolute Gasteiger partial charge is 0.335 e. The smallest absolute Gasteiger partial charge is 0.227 e. The molecule has 0 unspecified atom stereocenters. The molecule has 0 aliphatic heterocycles. The minimum atomic E-state index is -0.605. The summed E-state index contributed by atoms with van der Waals surface area (Å²) in [5, 5.41) is 7.00. The van der Waals surface area contributed by atoms with E-state index in [1.807, 2.05) is 13.8 Å². The van der Waals surface area contributed by atoms with Crippen LogP contribution in [0.1, 0.15) is 48.2 Å². The number of carbonyl (C=O) groups is 1. The zero-order valence-electron chi connectivity index (χ0n) is 14.6. The predicted molar refractivity (Wildman–Crippen MR) is 90.9 cm³/mol. The van der Waals surface area contributed by atoms with Crippen LogP contribution in [0.25, 0.3) is 0 Å². The molecule has 0 spiro atoms. The van der Waals surface area contributed by atoms with E-state index in [1.165, 1.54) is 18.2 Å². The Hall–Kier alpha value is -2.24. The number of hydrogen-bond donors (Lipinski definition) is 1. The van der Waals surface area contributed by atoms with Crippen molar-refractivity contribution >= 4 is 5.91 Å². The van der Waals surface area contributed by atoms with Gasteiger partial charge in [-0.15, -0.1) is 0 Å².